The molecule has 3 rings (SSSR count). The summed E-state index contributed by atoms with van der Waals surface area (Å²) in [6.07, 6.45) is 4.10. The van der Waals surface area contributed by atoms with Gasteiger partial charge in [0.25, 0.3) is 0 Å². The highest BCUT2D eigenvalue weighted by molar-refractivity contribution is 5.99. The molecule has 1 aromatic carbocycles. The fourth-order valence-electron chi connectivity index (χ4n) is 4.99. The van der Waals surface area contributed by atoms with E-state index in [9.17, 15) is 19.2 Å². The Morgan fingerprint density at radius 1 is 1.05 bits per heavy atom. The molecule has 2 heterocycles. The van der Waals surface area contributed by atoms with Crippen molar-refractivity contribution in [2.75, 3.05) is 20.5 Å². The molecule has 0 radical (unpaired) electrons. The molecule has 1 aromatic heterocycles. The standard InChI is InChI=1S/C33H43NO10/c1-5-6-12-19-40-30-22(2)43-33(38)25(15-10-11-16-28(30)44-32(37)24-13-8-7-9-14-24)20-26(36)29-31(42-21-41-23(3)35)27(39-4)17-18-34-29/h7-9,13-14,17-18,22,25,28,30H,5-6,10-12,15-16,19-21H2,1-4H3/t22-,25+,28-,30-/m0/s1. The van der Waals surface area contributed by atoms with Gasteiger partial charge in [0.1, 0.15) is 18.3 Å². The molecule has 2 aromatic rings. The zero-order valence-electron chi connectivity index (χ0n) is 26.0. The van der Waals surface area contributed by atoms with Gasteiger partial charge < -0.3 is 28.4 Å². The highest BCUT2D eigenvalue weighted by Crippen LogP contribution is 2.32. The van der Waals surface area contributed by atoms with E-state index in [0.717, 1.165) is 19.3 Å². The number of ketones is 1. The van der Waals surface area contributed by atoms with Gasteiger partial charge in [0.05, 0.1) is 18.6 Å². The third kappa shape index (κ3) is 10.3. The summed E-state index contributed by atoms with van der Waals surface area (Å²) in [4.78, 5) is 55.3. The van der Waals surface area contributed by atoms with E-state index in [-0.39, 0.29) is 23.6 Å². The number of hydrogen-bond donors (Lipinski definition) is 0. The van der Waals surface area contributed by atoms with Crippen molar-refractivity contribution in [3.63, 3.8) is 0 Å². The summed E-state index contributed by atoms with van der Waals surface area (Å²) < 4.78 is 33.7. The van der Waals surface area contributed by atoms with E-state index in [1.165, 1.54) is 26.3 Å². The Kier molecular flexibility index (Phi) is 14.1. The molecule has 1 fully saturated rings. The molecule has 4 atom stereocenters. The monoisotopic (exact) mass is 613 g/mol. The summed E-state index contributed by atoms with van der Waals surface area (Å²) in [7, 11) is 1.41. The van der Waals surface area contributed by atoms with Crippen molar-refractivity contribution in [1.29, 1.82) is 0 Å². The van der Waals surface area contributed by atoms with Gasteiger partial charge in [-0.25, -0.2) is 9.78 Å². The Morgan fingerprint density at radius 2 is 1.80 bits per heavy atom. The minimum absolute atomic E-state index is 0.0199. The number of cyclic esters (lactones) is 1. The lowest BCUT2D eigenvalue weighted by Gasteiger charge is -2.33. The number of aromatic nitrogens is 1. The molecule has 1 saturated heterocycles. The van der Waals surface area contributed by atoms with Gasteiger partial charge in [-0.15, -0.1) is 0 Å². The van der Waals surface area contributed by atoms with Crippen LogP contribution < -0.4 is 9.47 Å². The van der Waals surface area contributed by atoms with E-state index >= 15 is 0 Å². The molecule has 0 spiro atoms. The molecule has 0 saturated carbocycles. The first kappa shape index (κ1) is 34.5. The summed E-state index contributed by atoms with van der Waals surface area (Å²) >= 11 is 0. The number of benzene rings is 1. The smallest absolute Gasteiger partial charge is 0.338 e. The van der Waals surface area contributed by atoms with Crippen molar-refractivity contribution in [3.8, 4) is 11.5 Å². The van der Waals surface area contributed by atoms with Crippen LogP contribution in [0.2, 0.25) is 0 Å². The fourth-order valence-corrected chi connectivity index (χ4v) is 4.99. The quantitative estimate of drug-likeness (QED) is 0.0880. The van der Waals surface area contributed by atoms with Crippen molar-refractivity contribution >= 4 is 23.7 Å². The second-order valence-electron chi connectivity index (χ2n) is 10.7. The molecule has 11 heteroatoms. The van der Waals surface area contributed by atoms with Gasteiger partial charge in [-0.2, -0.15) is 0 Å². The number of carbonyl (C=O) groups excluding carboxylic acids is 4. The lowest BCUT2D eigenvalue weighted by molar-refractivity contribution is -0.169. The van der Waals surface area contributed by atoms with Gasteiger partial charge in [-0.3, -0.25) is 14.4 Å². The summed E-state index contributed by atoms with van der Waals surface area (Å²) in [6.45, 7) is 5.04. The molecule has 0 amide bonds. The number of hydrogen-bond acceptors (Lipinski definition) is 11. The van der Waals surface area contributed by atoms with E-state index in [1.54, 1.807) is 31.2 Å². The lowest BCUT2D eigenvalue weighted by Crippen LogP contribution is -2.44. The van der Waals surface area contributed by atoms with Gasteiger partial charge in [0, 0.05) is 32.2 Å². The van der Waals surface area contributed by atoms with Crippen LogP contribution in [0.5, 0.6) is 11.5 Å². The maximum Gasteiger partial charge on any atom is 0.338 e. The Balaban J connectivity index is 1.77. The van der Waals surface area contributed by atoms with Crippen LogP contribution in [0.15, 0.2) is 42.6 Å². The molecular weight excluding hydrogens is 570 g/mol. The molecule has 11 nitrogen and oxygen atoms in total. The summed E-state index contributed by atoms with van der Waals surface area (Å²) in [5.41, 5.74) is 0.388. The van der Waals surface area contributed by atoms with Crippen LogP contribution in [0.1, 0.15) is 93.0 Å². The van der Waals surface area contributed by atoms with Crippen LogP contribution >= 0.6 is 0 Å². The van der Waals surface area contributed by atoms with Gasteiger partial charge in [-0.1, -0.05) is 44.4 Å². The van der Waals surface area contributed by atoms with Gasteiger partial charge in [-0.05, 0) is 44.7 Å². The number of nitrogens with zero attached hydrogens (tertiary/aromatic N) is 1. The molecule has 240 valence electrons. The fraction of sp³-hybridized carbons (Fsp3) is 0.545. The number of Topliss-reactive ketones (excluding diaryl/α,β-unsaturated/α-hetero) is 1. The number of rotatable bonds is 14. The molecule has 0 aliphatic carbocycles. The van der Waals surface area contributed by atoms with Crippen LogP contribution in [0.3, 0.4) is 0 Å². The van der Waals surface area contributed by atoms with Crippen molar-refractivity contribution in [2.45, 2.75) is 90.4 Å². The number of pyridine rings is 1. The van der Waals surface area contributed by atoms with Gasteiger partial charge in [0.15, 0.2) is 23.0 Å². The minimum atomic E-state index is -0.747. The average Bonchev–Trinajstić information content (AvgIpc) is 3.01. The zero-order valence-corrected chi connectivity index (χ0v) is 26.0. The number of ether oxygens (including phenoxy) is 6. The van der Waals surface area contributed by atoms with Crippen LogP contribution in [0.4, 0.5) is 0 Å². The summed E-state index contributed by atoms with van der Waals surface area (Å²) in [5.74, 6) is -2.51. The molecule has 0 unspecified atom stereocenters. The van der Waals surface area contributed by atoms with Crippen LogP contribution in [0, 0.1) is 5.92 Å². The molecule has 1 aliphatic heterocycles. The minimum Gasteiger partial charge on any atom is -0.493 e. The molecule has 0 N–H and O–H groups in total. The third-order valence-electron chi connectivity index (χ3n) is 7.33. The largest absolute Gasteiger partial charge is 0.493 e. The number of methoxy groups -OCH3 is 1. The Hall–Kier alpha value is -3.99. The van der Waals surface area contributed by atoms with Crippen LogP contribution in [-0.2, 0) is 28.5 Å². The van der Waals surface area contributed by atoms with Crippen molar-refractivity contribution in [1.82, 2.24) is 4.98 Å². The highest BCUT2D eigenvalue weighted by Gasteiger charge is 2.37. The van der Waals surface area contributed by atoms with E-state index in [0.29, 0.717) is 37.9 Å². The van der Waals surface area contributed by atoms with Crippen molar-refractivity contribution < 1.29 is 47.6 Å². The summed E-state index contributed by atoms with van der Waals surface area (Å²) in [6, 6.07) is 10.3. The van der Waals surface area contributed by atoms with Gasteiger partial charge in [0.2, 0.25) is 6.79 Å². The number of carbonyl (C=O) groups is 4. The molecule has 1 aliphatic rings. The number of unbranched alkanes of at least 4 members (excludes halogenated alkanes) is 2. The van der Waals surface area contributed by atoms with Crippen LogP contribution in [0.25, 0.3) is 0 Å². The van der Waals surface area contributed by atoms with Crippen LogP contribution in [-0.4, -0.2) is 67.5 Å². The van der Waals surface area contributed by atoms with E-state index < -0.39 is 54.7 Å². The van der Waals surface area contributed by atoms with E-state index in [2.05, 4.69) is 11.9 Å². The Morgan fingerprint density at radius 3 is 2.50 bits per heavy atom. The second-order valence-corrected chi connectivity index (χ2v) is 10.7. The molecule has 44 heavy (non-hydrogen) atoms. The number of esters is 3. The molecular formula is C33H43NO10. The first-order chi connectivity index (χ1) is 21.2. The topological polar surface area (TPSA) is 137 Å². The van der Waals surface area contributed by atoms with Crippen molar-refractivity contribution in [2.24, 2.45) is 5.92 Å². The molecule has 0 bridgehead atoms. The zero-order chi connectivity index (χ0) is 31.9. The predicted molar refractivity (Wildman–Crippen MR) is 159 cm³/mol. The Labute approximate surface area is 258 Å². The van der Waals surface area contributed by atoms with E-state index in [1.807, 2.05) is 6.07 Å². The third-order valence-corrected chi connectivity index (χ3v) is 7.33. The second kappa shape index (κ2) is 18.0. The average molecular weight is 614 g/mol. The van der Waals surface area contributed by atoms with E-state index in [4.69, 9.17) is 28.4 Å². The SMILES string of the molecule is CCCCCO[C@H]1[C@H](C)OC(=O)[C@@H](CC(=O)c2nccc(OC)c2OCOC(C)=O)CCCC[C@@H]1OC(=O)c1ccccc1. The Bertz CT molecular complexity index is 1230. The van der Waals surface area contributed by atoms with Gasteiger partial charge >= 0.3 is 17.9 Å². The highest BCUT2D eigenvalue weighted by atomic mass is 16.7. The van der Waals surface area contributed by atoms with Crippen molar-refractivity contribution in [3.05, 3.63) is 53.9 Å². The maximum absolute atomic E-state index is 13.5. The first-order valence-corrected chi connectivity index (χ1v) is 15.2. The normalized spacial score (nSPS) is 20.6. The predicted octanol–water partition coefficient (Wildman–Crippen LogP) is 5.49. The first-order valence-electron chi connectivity index (χ1n) is 15.2. The maximum atomic E-state index is 13.5. The summed E-state index contributed by atoms with van der Waals surface area (Å²) in [5, 5.41) is 0. The lowest BCUT2D eigenvalue weighted by atomic mass is 9.92.